The van der Waals surface area contributed by atoms with Crippen LogP contribution in [0.25, 0.3) is 0 Å². The fourth-order valence-corrected chi connectivity index (χ4v) is 2.72. The standard InChI is InChI=1S/C16H20N4OS/c1-4-9-20-13(3)18-19-16(20)22-11-15(21)17-10-14-7-5-12(2)6-8-14/h4-8H,1,9-11H2,2-3H3,(H,17,21). The van der Waals surface area contributed by atoms with Gasteiger partial charge in [-0.2, -0.15) is 0 Å². The van der Waals surface area contributed by atoms with Crippen molar-refractivity contribution in [1.82, 2.24) is 20.1 Å². The van der Waals surface area contributed by atoms with Crippen LogP contribution in [0.15, 0.2) is 42.1 Å². The van der Waals surface area contributed by atoms with Crippen molar-refractivity contribution < 1.29 is 4.79 Å². The van der Waals surface area contributed by atoms with Gasteiger partial charge in [0.2, 0.25) is 5.91 Å². The van der Waals surface area contributed by atoms with Gasteiger partial charge in [-0.15, -0.1) is 16.8 Å². The fraction of sp³-hybridized carbons (Fsp3) is 0.312. The van der Waals surface area contributed by atoms with Gasteiger partial charge in [-0.1, -0.05) is 47.7 Å². The Bertz CT molecular complexity index is 649. The average Bonchev–Trinajstić information content (AvgIpc) is 2.86. The Labute approximate surface area is 134 Å². The van der Waals surface area contributed by atoms with E-state index in [1.165, 1.54) is 17.3 Å². The highest BCUT2D eigenvalue weighted by molar-refractivity contribution is 7.99. The first-order valence-electron chi connectivity index (χ1n) is 7.06. The molecule has 0 spiro atoms. The van der Waals surface area contributed by atoms with Gasteiger partial charge in [0.15, 0.2) is 5.16 Å². The topological polar surface area (TPSA) is 59.8 Å². The minimum Gasteiger partial charge on any atom is -0.351 e. The number of hydrogen-bond acceptors (Lipinski definition) is 4. The number of carbonyl (C=O) groups is 1. The zero-order chi connectivity index (χ0) is 15.9. The Morgan fingerprint density at radius 3 is 2.73 bits per heavy atom. The molecule has 1 heterocycles. The number of thioether (sulfide) groups is 1. The van der Waals surface area contributed by atoms with Crippen molar-refractivity contribution in [2.75, 3.05) is 5.75 Å². The van der Waals surface area contributed by atoms with Crippen LogP contribution < -0.4 is 5.32 Å². The molecule has 5 nitrogen and oxygen atoms in total. The smallest absolute Gasteiger partial charge is 0.230 e. The Morgan fingerprint density at radius 2 is 2.05 bits per heavy atom. The number of nitrogens with one attached hydrogen (secondary N) is 1. The number of hydrogen-bond donors (Lipinski definition) is 1. The van der Waals surface area contributed by atoms with Gasteiger partial charge in [0.05, 0.1) is 5.75 Å². The van der Waals surface area contributed by atoms with Gasteiger partial charge in [-0.05, 0) is 19.4 Å². The Morgan fingerprint density at radius 1 is 1.32 bits per heavy atom. The van der Waals surface area contributed by atoms with E-state index in [-0.39, 0.29) is 5.91 Å². The van der Waals surface area contributed by atoms with Gasteiger partial charge in [-0.25, -0.2) is 0 Å². The van der Waals surface area contributed by atoms with Crippen molar-refractivity contribution in [1.29, 1.82) is 0 Å². The van der Waals surface area contributed by atoms with Crippen molar-refractivity contribution in [3.63, 3.8) is 0 Å². The number of benzene rings is 1. The molecule has 1 amide bonds. The molecule has 2 rings (SSSR count). The Hall–Kier alpha value is -2.08. The highest BCUT2D eigenvalue weighted by Gasteiger charge is 2.10. The van der Waals surface area contributed by atoms with E-state index in [1.54, 1.807) is 6.08 Å². The molecule has 0 atom stereocenters. The number of aromatic nitrogens is 3. The molecule has 0 radical (unpaired) electrons. The van der Waals surface area contributed by atoms with E-state index < -0.39 is 0 Å². The van der Waals surface area contributed by atoms with Crippen LogP contribution in [0, 0.1) is 13.8 Å². The molecule has 0 bridgehead atoms. The second-order valence-electron chi connectivity index (χ2n) is 4.98. The SMILES string of the molecule is C=CCn1c(C)nnc1SCC(=O)NCc1ccc(C)cc1. The first kappa shape index (κ1) is 16.3. The summed E-state index contributed by atoms with van der Waals surface area (Å²) in [5.74, 6) is 1.13. The van der Waals surface area contributed by atoms with E-state index in [1.807, 2.05) is 42.7 Å². The summed E-state index contributed by atoms with van der Waals surface area (Å²) in [6, 6.07) is 8.12. The van der Waals surface area contributed by atoms with E-state index >= 15 is 0 Å². The van der Waals surface area contributed by atoms with Crippen LogP contribution in [0.3, 0.4) is 0 Å². The molecule has 1 N–H and O–H groups in total. The lowest BCUT2D eigenvalue weighted by Crippen LogP contribution is -2.24. The molecule has 2 aromatic rings. The summed E-state index contributed by atoms with van der Waals surface area (Å²) in [5, 5.41) is 11.8. The average molecular weight is 316 g/mol. The lowest BCUT2D eigenvalue weighted by Gasteiger charge is -2.07. The number of amides is 1. The predicted molar refractivity (Wildman–Crippen MR) is 88.7 cm³/mol. The highest BCUT2D eigenvalue weighted by Crippen LogP contribution is 2.16. The molecule has 0 saturated carbocycles. The van der Waals surface area contributed by atoms with Crippen molar-refractivity contribution >= 4 is 17.7 Å². The maximum atomic E-state index is 11.9. The summed E-state index contributed by atoms with van der Waals surface area (Å²) in [7, 11) is 0. The third-order valence-corrected chi connectivity index (χ3v) is 4.12. The molecule has 116 valence electrons. The third-order valence-electron chi connectivity index (χ3n) is 3.16. The van der Waals surface area contributed by atoms with Crippen molar-refractivity contribution in [3.8, 4) is 0 Å². The summed E-state index contributed by atoms with van der Waals surface area (Å²) in [5.41, 5.74) is 2.30. The van der Waals surface area contributed by atoms with Gasteiger partial charge in [0, 0.05) is 13.1 Å². The first-order chi connectivity index (χ1) is 10.6. The quantitative estimate of drug-likeness (QED) is 0.630. The molecule has 0 aliphatic rings. The van der Waals surface area contributed by atoms with E-state index in [9.17, 15) is 4.79 Å². The van der Waals surface area contributed by atoms with Crippen LogP contribution in [0.1, 0.15) is 17.0 Å². The molecule has 1 aromatic heterocycles. The van der Waals surface area contributed by atoms with Gasteiger partial charge < -0.3 is 9.88 Å². The zero-order valence-corrected chi connectivity index (χ0v) is 13.7. The largest absolute Gasteiger partial charge is 0.351 e. The van der Waals surface area contributed by atoms with E-state index in [2.05, 4.69) is 22.1 Å². The first-order valence-corrected chi connectivity index (χ1v) is 8.04. The van der Waals surface area contributed by atoms with Crippen molar-refractivity contribution in [2.24, 2.45) is 0 Å². The lowest BCUT2D eigenvalue weighted by molar-refractivity contribution is -0.118. The molecule has 6 heteroatoms. The fourth-order valence-electron chi connectivity index (χ4n) is 1.90. The van der Waals surface area contributed by atoms with Crippen molar-refractivity contribution in [3.05, 3.63) is 53.9 Å². The normalized spacial score (nSPS) is 10.5. The van der Waals surface area contributed by atoms with E-state index in [4.69, 9.17) is 0 Å². The number of allylic oxidation sites excluding steroid dienone is 1. The minimum absolute atomic E-state index is 0.0172. The molecule has 0 fully saturated rings. The molecule has 0 aliphatic carbocycles. The number of rotatable bonds is 7. The molecule has 1 aromatic carbocycles. The summed E-state index contributed by atoms with van der Waals surface area (Å²) in [6.07, 6.45) is 1.79. The van der Waals surface area contributed by atoms with Crippen LogP contribution in [0.4, 0.5) is 0 Å². The highest BCUT2D eigenvalue weighted by atomic mass is 32.2. The number of aryl methyl sites for hydroxylation is 2. The monoisotopic (exact) mass is 316 g/mol. The predicted octanol–water partition coefficient (Wildman–Crippen LogP) is 2.49. The van der Waals surface area contributed by atoms with Crippen LogP contribution in [-0.2, 0) is 17.9 Å². The Kier molecular flexibility index (Phi) is 5.77. The third kappa shape index (κ3) is 4.46. The van der Waals surface area contributed by atoms with Gasteiger partial charge in [-0.3, -0.25) is 4.79 Å². The molecule has 0 saturated heterocycles. The molecule has 0 unspecified atom stereocenters. The van der Waals surface area contributed by atoms with Gasteiger partial charge in [0.25, 0.3) is 0 Å². The van der Waals surface area contributed by atoms with Crippen LogP contribution >= 0.6 is 11.8 Å². The van der Waals surface area contributed by atoms with Crippen LogP contribution in [0.2, 0.25) is 0 Å². The van der Waals surface area contributed by atoms with Crippen LogP contribution in [0.5, 0.6) is 0 Å². The maximum absolute atomic E-state index is 11.9. The van der Waals surface area contributed by atoms with E-state index in [0.29, 0.717) is 18.8 Å². The summed E-state index contributed by atoms with van der Waals surface area (Å²) in [6.45, 7) is 8.83. The minimum atomic E-state index is -0.0172. The summed E-state index contributed by atoms with van der Waals surface area (Å²) < 4.78 is 1.94. The Balaban J connectivity index is 1.82. The lowest BCUT2D eigenvalue weighted by atomic mass is 10.1. The zero-order valence-electron chi connectivity index (χ0n) is 12.9. The van der Waals surface area contributed by atoms with Gasteiger partial charge >= 0.3 is 0 Å². The molecule has 22 heavy (non-hydrogen) atoms. The second kappa shape index (κ2) is 7.79. The number of nitrogens with zero attached hydrogens (tertiary/aromatic N) is 3. The summed E-state index contributed by atoms with van der Waals surface area (Å²) >= 11 is 1.38. The second-order valence-corrected chi connectivity index (χ2v) is 5.92. The van der Waals surface area contributed by atoms with Gasteiger partial charge in [0.1, 0.15) is 5.82 Å². The number of carbonyl (C=O) groups excluding carboxylic acids is 1. The maximum Gasteiger partial charge on any atom is 0.230 e. The summed E-state index contributed by atoms with van der Waals surface area (Å²) in [4.78, 5) is 11.9. The van der Waals surface area contributed by atoms with Crippen LogP contribution in [-0.4, -0.2) is 26.4 Å². The molecular formula is C16H20N4OS. The molecular weight excluding hydrogens is 296 g/mol. The van der Waals surface area contributed by atoms with E-state index in [0.717, 1.165) is 16.5 Å². The van der Waals surface area contributed by atoms with Crippen molar-refractivity contribution in [2.45, 2.75) is 32.1 Å². The molecule has 0 aliphatic heterocycles.